The average molecular weight is 328 g/mol. The van der Waals surface area contributed by atoms with Crippen LogP contribution >= 0.6 is 15.9 Å². The SMILES string of the molecule is COc1cc(Br)ccc1C(=O)N1CC(O)(C(C)C)C1. The molecule has 2 rings (SSSR count). The monoisotopic (exact) mass is 327 g/mol. The van der Waals surface area contributed by atoms with Gasteiger partial charge in [0.25, 0.3) is 5.91 Å². The van der Waals surface area contributed by atoms with E-state index in [1.165, 1.54) is 0 Å². The summed E-state index contributed by atoms with van der Waals surface area (Å²) in [6.45, 7) is 4.68. The number of methoxy groups -OCH3 is 1. The number of halogens is 1. The first-order chi connectivity index (χ1) is 8.87. The van der Waals surface area contributed by atoms with Gasteiger partial charge in [0.1, 0.15) is 11.4 Å². The topological polar surface area (TPSA) is 49.8 Å². The molecule has 4 nitrogen and oxygen atoms in total. The Morgan fingerprint density at radius 2 is 2.11 bits per heavy atom. The zero-order valence-corrected chi connectivity index (χ0v) is 12.9. The molecule has 1 fully saturated rings. The van der Waals surface area contributed by atoms with Crippen LogP contribution < -0.4 is 4.74 Å². The lowest BCUT2D eigenvalue weighted by molar-refractivity contribution is -0.110. The summed E-state index contributed by atoms with van der Waals surface area (Å²) in [7, 11) is 1.54. The van der Waals surface area contributed by atoms with Crippen LogP contribution in [-0.2, 0) is 0 Å². The predicted octanol–water partition coefficient (Wildman–Crippen LogP) is 2.30. The first kappa shape index (κ1) is 14.3. The van der Waals surface area contributed by atoms with Gasteiger partial charge in [-0.2, -0.15) is 0 Å². The number of ether oxygens (including phenoxy) is 1. The molecule has 1 aromatic rings. The number of rotatable bonds is 3. The molecule has 1 N–H and O–H groups in total. The molecule has 0 unspecified atom stereocenters. The molecule has 0 bridgehead atoms. The van der Waals surface area contributed by atoms with Gasteiger partial charge in [-0.25, -0.2) is 0 Å². The number of benzene rings is 1. The lowest BCUT2D eigenvalue weighted by atomic mass is 9.82. The van der Waals surface area contributed by atoms with Crippen molar-refractivity contribution in [3.8, 4) is 5.75 Å². The maximum Gasteiger partial charge on any atom is 0.257 e. The Hall–Kier alpha value is -1.07. The summed E-state index contributed by atoms with van der Waals surface area (Å²) >= 11 is 3.35. The molecular weight excluding hydrogens is 310 g/mol. The number of carbonyl (C=O) groups is 1. The van der Waals surface area contributed by atoms with Gasteiger partial charge in [0.2, 0.25) is 0 Å². The van der Waals surface area contributed by atoms with E-state index >= 15 is 0 Å². The Morgan fingerprint density at radius 3 is 2.63 bits per heavy atom. The summed E-state index contributed by atoms with van der Waals surface area (Å²) < 4.78 is 6.09. The van der Waals surface area contributed by atoms with Crippen LogP contribution in [0.5, 0.6) is 5.75 Å². The number of likely N-dealkylation sites (tertiary alicyclic amines) is 1. The average Bonchev–Trinajstić information content (AvgIpc) is 2.33. The van der Waals surface area contributed by atoms with E-state index in [9.17, 15) is 9.90 Å². The van der Waals surface area contributed by atoms with Crippen LogP contribution in [-0.4, -0.2) is 41.7 Å². The first-order valence-corrected chi connectivity index (χ1v) is 7.02. The minimum Gasteiger partial charge on any atom is -0.496 e. The van der Waals surface area contributed by atoms with Crippen molar-refractivity contribution in [2.24, 2.45) is 5.92 Å². The molecule has 1 aromatic carbocycles. The second-order valence-electron chi connectivity index (χ2n) is 5.26. The van der Waals surface area contributed by atoms with E-state index in [2.05, 4.69) is 15.9 Å². The molecular formula is C14H18BrNO3. The van der Waals surface area contributed by atoms with Crippen molar-refractivity contribution < 1.29 is 14.6 Å². The van der Waals surface area contributed by atoms with Crippen molar-refractivity contribution in [3.05, 3.63) is 28.2 Å². The molecule has 0 aliphatic carbocycles. The quantitative estimate of drug-likeness (QED) is 0.926. The van der Waals surface area contributed by atoms with Crippen LogP contribution in [0.4, 0.5) is 0 Å². The number of hydrogen-bond donors (Lipinski definition) is 1. The summed E-state index contributed by atoms with van der Waals surface area (Å²) in [4.78, 5) is 14.0. The second kappa shape index (κ2) is 5.13. The van der Waals surface area contributed by atoms with Crippen molar-refractivity contribution in [1.82, 2.24) is 4.90 Å². The summed E-state index contributed by atoms with van der Waals surface area (Å²) in [5.41, 5.74) is -0.227. The lowest BCUT2D eigenvalue weighted by Gasteiger charge is -2.49. The maximum atomic E-state index is 12.3. The third-order valence-corrected chi connectivity index (χ3v) is 4.18. The fourth-order valence-corrected chi connectivity index (χ4v) is 2.48. The molecule has 5 heteroatoms. The number of nitrogens with zero attached hydrogens (tertiary/aromatic N) is 1. The highest BCUT2D eigenvalue weighted by molar-refractivity contribution is 9.10. The molecule has 1 saturated heterocycles. The number of β-amino-alcohol motifs (C(OH)–C–C–N with tert-alkyl or cyclic N) is 1. The lowest BCUT2D eigenvalue weighted by Crippen LogP contribution is -2.65. The molecule has 0 radical (unpaired) electrons. The van der Waals surface area contributed by atoms with Gasteiger partial charge in [0.05, 0.1) is 25.8 Å². The van der Waals surface area contributed by atoms with Crippen LogP contribution in [0.1, 0.15) is 24.2 Å². The Balaban J connectivity index is 2.15. The van der Waals surface area contributed by atoms with Crippen molar-refractivity contribution in [2.75, 3.05) is 20.2 Å². The molecule has 1 aliphatic rings. The third kappa shape index (κ3) is 2.62. The van der Waals surface area contributed by atoms with Gasteiger partial charge in [0.15, 0.2) is 0 Å². The van der Waals surface area contributed by atoms with Crippen LogP contribution in [0.2, 0.25) is 0 Å². The van der Waals surface area contributed by atoms with E-state index < -0.39 is 5.60 Å². The molecule has 1 aliphatic heterocycles. The molecule has 1 heterocycles. The number of amides is 1. The van der Waals surface area contributed by atoms with E-state index in [1.807, 2.05) is 19.9 Å². The van der Waals surface area contributed by atoms with Crippen LogP contribution in [0, 0.1) is 5.92 Å². The standard InChI is InChI=1S/C14H18BrNO3/c1-9(2)14(18)7-16(8-14)13(17)11-5-4-10(15)6-12(11)19-3/h4-6,9,18H,7-8H2,1-3H3. The Labute approximate surface area is 121 Å². The fraction of sp³-hybridized carbons (Fsp3) is 0.500. The maximum absolute atomic E-state index is 12.3. The Bertz CT molecular complexity index is 495. The van der Waals surface area contributed by atoms with Gasteiger partial charge in [-0.3, -0.25) is 4.79 Å². The summed E-state index contributed by atoms with van der Waals surface area (Å²) in [6.07, 6.45) is 0. The number of aliphatic hydroxyl groups is 1. The van der Waals surface area contributed by atoms with Gasteiger partial charge in [-0.15, -0.1) is 0 Å². The van der Waals surface area contributed by atoms with E-state index in [1.54, 1.807) is 24.1 Å². The van der Waals surface area contributed by atoms with Gasteiger partial charge >= 0.3 is 0 Å². The normalized spacial score (nSPS) is 17.3. The fourth-order valence-electron chi connectivity index (χ4n) is 2.14. The third-order valence-electron chi connectivity index (χ3n) is 3.69. The predicted molar refractivity (Wildman–Crippen MR) is 76.4 cm³/mol. The minimum absolute atomic E-state index is 0.102. The molecule has 1 amide bonds. The Morgan fingerprint density at radius 1 is 1.47 bits per heavy atom. The number of carbonyl (C=O) groups excluding carboxylic acids is 1. The van der Waals surface area contributed by atoms with E-state index in [-0.39, 0.29) is 11.8 Å². The Kier molecular flexibility index (Phi) is 3.87. The molecule has 0 spiro atoms. The smallest absolute Gasteiger partial charge is 0.257 e. The zero-order valence-electron chi connectivity index (χ0n) is 11.3. The summed E-state index contributed by atoms with van der Waals surface area (Å²) in [6, 6.07) is 5.31. The molecule has 0 aromatic heterocycles. The molecule has 19 heavy (non-hydrogen) atoms. The first-order valence-electron chi connectivity index (χ1n) is 6.22. The van der Waals surface area contributed by atoms with E-state index in [0.717, 1.165) is 4.47 Å². The van der Waals surface area contributed by atoms with Crippen molar-refractivity contribution in [1.29, 1.82) is 0 Å². The van der Waals surface area contributed by atoms with Crippen LogP contribution in [0.15, 0.2) is 22.7 Å². The molecule has 0 atom stereocenters. The van der Waals surface area contributed by atoms with Crippen molar-refractivity contribution >= 4 is 21.8 Å². The van der Waals surface area contributed by atoms with Crippen LogP contribution in [0.3, 0.4) is 0 Å². The van der Waals surface area contributed by atoms with E-state index in [0.29, 0.717) is 24.4 Å². The summed E-state index contributed by atoms with van der Waals surface area (Å²) in [5.74, 6) is 0.581. The highest BCUT2D eigenvalue weighted by Gasteiger charge is 2.46. The van der Waals surface area contributed by atoms with Gasteiger partial charge in [-0.1, -0.05) is 29.8 Å². The van der Waals surface area contributed by atoms with Crippen molar-refractivity contribution in [3.63, 3.8) is 0 Å². The highest BCUT2D eigenvalue weighted by atomic mass is 79.9. The largest absolute Gasteiger partial charge is 0.496 e. The summed E-state index contributed by atoms with van der Waals surface area (Å²) in [5, 5.41) is 10.2. The molecule has 0 saturated carbocycles. The van der Waals surface area contributed by atoms with Gasteiger partial charge < -0.3 is 14.7 Å². The molecule has 104 valence electrons. The number of hydrogen-bond acceptors (Lipinski definition) is 3. The zero-order chi connectivity index (χ0) is 14.2. The second-order valence-corrected chi connectivity index (χ2v) is 6.18. The van der Waals surface area contributed by atoms with E-state index in [4.69, 9.17) is 4.74 Å². The van der Waals surface area contributed by atoms with Gasteiger partial charge in [0, 0.05) is 4.47 Å². The van der Waals surface area contributed by atoms with Gasteiger partial charge in [-0.05, 0) is 24.1 Å². The highest BCUT2D eigenvalue weighted by Crippen LogP contribution is 2.32. The van der Waals surface area contributed by atoms with Crippen molar-refractivity contribution in [2.45, 2.75) is 19.4 Å². The minimum atomic E-state index is -0.752. The van der Waals surface area contributed by atoms with Crippen LogP contribution in [0.25, 0.3) is 0 Å².